The molecule has 0 atom stereocenters. The monoisotopic (exact) mass is 549 g/mol. The molecule has 0 aliphatic heterocycles. The Morgan fingerprint density at radius 2 is 1.68 bits per heavy atom. The third-order valence-electron chi connectivity index (χ3n) is 9.14. The van der Waals surface area contributed by atoms with E-state index in [0.29, 0.717) is 11.2 Å². The van der Waals surface area contributed by atoms with Gasteiger partial charge in [-0.3, -0.25) is 14.0 Å². The lowest BCUT2D eigenvalue weighted by molar-refractivity contribution is -0.0502. The van der Waals surface area contributed by atoms with E-state index in [9.17, 15) is 13.6 Å². The van der Waals surface area contributed by atoms with Gasteiger partial charge in [0.15, 0.2) is 0 Å². The molecule has 0 spiro atoms. The minimum absolute atomic E-state index is 0.0769. The van der Waals surface area contributed by atoms with Crippen LogP contribution in [-0.2, 0) is 7.05 Å². The number of nitrogens with one attached hydrogen (secondary N) is 1. The topological polar surface area (TPSA) is 83.2 Å². The lowest BCUT2D eigenvalue weighted by Crippen LogP contribution is -2.44. The molecule has 5 rings (SSSR count). The van der Waals surface area contributed by atoms with Crippen molar-refractivity contribution in [3.63, 3.8) is 0 Å². The third-order valence-corrected chi connectivity index (χ3v) is 9.14. The summed E-state index contributed by atoms with van der Waals surface area (Å²) in [5.41, 5.74) is 3.16. The highest BCUT2D eigenvalue weighted by Crippen LogP contribution is 2.74. The number of benzene rings is 2. The molecule has 0 unspecified atom stereocenters. The van der Waals surface area contributed by atoms with Gasteiger partial charge in [0.2, 0.25) is 0 Å². The van der Waals surface area contributed by atoms with Gasteiger partial charge >= 0.3 is 6.61 Å². The first-order valence-corrected chi connectivity index (χ1v) is 13.6. The molecule has 202 valence electrons. The molecule has 0 saturated heterocycles. The standard InChI is InChI=1S/C23H29B8F2N5O3/c1-37-8-11(7-35-37)10-2-3-14-13(4-10)34-9-38(14)12-5-15(40-19(32)33)17(16(6-12)41-23(29,30)31)18(39)36-22(28)20(24,25)21(22,26)27/h2-9,19H,24-31H2,1H3,(H,36,39). The van der Waals surface area contributed by atoms with Gasteiger partial charge in [-0.25, -0.2) is 4.98 Å². The number of hydrogen-bond donors (Lipinski definition) is 1. The van der Waals surface area contributed by atoms with Gasteiger partial charge in [0, 0.05) is 36.2 Å². The summed E-state index contributed by atoms with van der Waals surface area (Å²) in [7, 11) is 17.6. The van der Waals surface area contributed by atoms with Crippen LogP contribution >= 0.6 is 0 Å². The number of imidazole rings is 1. The minimum atomic E-state index is -3.15. The lowest BCUT2D eigenvalue weighted by Gasteiger charge is -2.27. The number of nitrogens with zero attached hydrogens (tertiary/aromatic N) is 4. The van der Waals surface area contributed by atoms with Crippen molar-refractivity contribution in [3.05, 3.63) is 54.6 Å². The molecule has 8 nitrogen and oxygen atoms in total. The van der Waals surface area contributed by atoms with E-state index in [2.05, 4.69) is 46.8 Å². The second-order valence-electron chi connectivity index (χ2n) is 13.0. The summed E-state index contributed by atoms with van der Waals surface area (Å²) in [5.74, 6) is -0.677. The Morgan fingerprint density at radius 3 is 2.24 bits per heavy atom. The van der Waals surface area contributed by atoms with E-state index in [1.165, 1.54) is 6.07 Å². The van der Waals surface area contributed by atoms with Gasteiger partial charge in [-0.05, 0) is 23.1 Å². The van der Waals surface area contributed by atoms with Crippen LogP contribution in [0.5, 0.6) is 11.5 Å². The van der Waals surface area contributed by atoms with E-state index in [-0.39, 0.29) is 27.5 Å². The van der Waals surface area contributed by atoms with Crippen molar-refractivity contribution in [2.75, 3.05) is 0 Å². The normalized spacial score (nSPS) is 16.9. The molecule has 18 heteroatoms. The summed E-state index contributed by atoms with van der Waals surface area (Å²) in [6.07, 6.45) is 5.29. The maximum absolute atomic E-state index is 13.8. The van der Waals surface area contributed by atoms with E-state index in [4.69, 9.17) is 9.47 Å². The maximum atomic E-state index is 13.8. The molecule has 1 saturated carbocycles. The summed E-state index contributed by atoms with van der Waals surface area (Å²) < 4.78 is 42.2. The van der Waals surface area contributed by atoms with Crippen molar-refractivity contribution in [1.82, 2.24) is 24.6 Å². The predicted octanol–water partition coefficient (Wildman–Crippen LogP) is -4.25. The predicted molar refractivity (Wildman–Crippen MR) is 177 cm³/mol. The van der Waals surface area contributed by atoms with Crippen molar-refractivity contribution in [2.24, 2.45) is 7.05 Å². The molecule has 2 aromatic heterocycles. The van der Waals surface area contributed by atoms with Gasteiger partial charge in [0.25, 0.3) is 5.91 Å². The number of halogens is 2. The zero-order chi connectivity index (χ0) is 30.1. The first kappa shape index (κ1) is 29.1. The van der Waals surface area contributed by atoms with Crippen molar-refractivity contribution in [1.29, 1.82) is 0 Å². The molecule has 1 aliphatic rings. The molecule has 1 amide bonds. The fourth-order valence-corrected chi connectivity index (χ4v) is 5.70. The lowest BCUT2D eigenvalue weighted by atomic mass is 9.49. The number of carbonyl (C=O) groups excluding carboxylic acids is 1. The Labute approximate surface area is 245 Å². The molecule has 4 aromatic rings. The van der Waals surface area contributed by atoms with Gasteiger partial charge in [-0.2, -0.15) is 13.9 Å². The molecule has 41 heavy (non-hydrogen) atoms. The van der Waals surface area contributed by atoms with Crippen LogP contribution in [0.1, 0.15) is 10.4 Å². The van der Waals surface area contributed by atoms with Crippen molar-refractivity contribution in [2.45, 2.75) is 27.8 Å². The molecule has 2 aromatic carbocycles. The van der Waals surface area contributed by atoms with Gasteiger partial charge in [-0.15, -0.1) is 0 Å². The second-order valence-corrected chi connectivity index (χ2v) is 13.0. The molecular weight excluding hydrogens is 519 g/mol. The second kappa shape index (κ2) is 9.56. The third kappa shape index (κ3) is 4.89. The number of amides is 1. The highest BCUT2D eigenvalue weighted by Gasteiger charge is 2.72. The summed E-state index contributed by atoms with van der Waals surface area (Å²) in [4.78, 5) is 18.4. The molecule has 2 heterocycles. The van der Waals surface area contributed by atoms with Gasteiger partial charge < -0.3 is 14.8 Å². The van der Waals surface area contributed by atoms with Crippen LogP contribution in [0.3, 0.4) is 0 Å². The average molecular weight is 548 g/mol. The zero-order valence-electron chi connectivity index (χ0n) is 25.0. The first-order chi connectivity index (χ1) is 18.9. The van der Waals surface area contributed by atoms with Crippen LogP contribution in [0.4, 0.5) is 8.78 Å². The smallest absolute Gasteiger partial charge is 0.387 e. The highest BCUT2D eigenvalue weighted by atomic mass is 19.3. The fraction of sp³-hybridized carbons (Fsp3) is 0.261. The first-order valence-electron chi connectivity index (χ1n) is 13.6. The Bertz CT molecular complexity index is 1660. The molecule has 1 fully saturated rings. The van der Waals surface area contributed by atoms with E-state index in [1.807, 2.05) is 62.8 Å². The Kier molecular flexibility index (Phi) is 6.78. The Morgan fingerprint density at radius 1 is 1.02 bits per heavy atom. The quantitative estimate of drug-likeness (QED) is 0.226. The van der Waals surface area contributed by atoms with Crippen LogP contribution in [0.25, 0.3) is 27.8 Å². The summed E-state index contributed by atoms with van der Waals surface area (Å²) in [5, 5.41) is 6.18. The fourth-order valence-electron chi connectivity index (χ4n) is 5.70. The van der Waals surface area contributed by atoms with Crippen molar-refractivity contribution in [3.8, 4) is 28.3 Å². The van der Waals surface area contributed by atoms with Crippen LogP contribution in [0, 0.1) is 0 Å². The number of carbonyl (C=O) groups is 1. The molecule has 1 aliphatic carbocycles. The number of fused-ring (bicyclic) bond motifs is 1. The largest absolute Gasteiger partial charge is 0.513 e. The van der Waals surface area contributed by atoms with Crippen molar-refractivity contribution >= 4 is 79.7 Å². The van der Waals surface area contributed by atoms with E-state index in [0.717, 1.165) is 16.6 Å². The molecule has 0 bridgehead atoms. The van der Waals surface area contributed by atoms with E-state index < -0.39 is 23.3 Å². The maximum Gasteiger partial charge on any atom is 0.387 e. The number of aromatic nitrogens is 4. The van der Waals surface area contributed by atoms with Gasteiger partial charge in [-0.1, -0.05) is 16.5 Å². The summed E-state index contributed by atoms with van der Waals surface area (Å²) in [6, 6.07) is 8.88. The summed E-state index contributed by atoms with van der Waals surface area (Å²) in [6.45, 7) is -3.15. The Balaban J connectivity index is 1.63. The van der Waals surface area contributed by atoms with Gasteiger partial charge in [0.1, 0.15) is 86.2 Å². The van der Waals surface area contributed by atoms with E-state index in [1.54, 1.807) is 27.8 Å². The Hall–Kier alpha value is -3.43. The highest BCUT2D eigenvalue weighted by molar-refractivity contribution is 6.67. The number of rotatable bonds is 8. The molecule has 1 N–H and O–H groups in total. The molecular formula is C23H29B8F2N5O3. The number of hydrogen-bond acceptors (Lipinski definition) is 5. The number of alkyl halides is 2. The zero-order valence-corrected chi connectivity index (χ0v) is 25.0. The van der Waals surface area contributed by atoms with E-state index >= 15 is 0 Å². The molecule has 0 radical (unpaired) electrons. The number of ether oxygens (including phenoxy) is 2. The number of aryl methyl sites for hydroxylation is 1. The SMILES string of the molecule is BC(B)(B)Oc1cc(-n2cnc3cc(-c4cnn(C)c4)ccc32)cc(OC(F)F)c1C(=O)NC1(B)C(B)(B)C1(B)B. The van der Waals surface area contributed by atoms with Crippen molar-refractivity contribution < 1.29 is 23.0 Å². The minimum Gasteiger partial charge on any atom is -0.513 e. The van der Waals surface area contributed by atoms with Crippen LogP contribution < -0.4 is 14.8 Å². The average Bonchev–Trinajstić information content (AvgIpc) is 3.35. The van der Waals surface area contributed by atoms with Gasteiger partial charge in [0.05, 0.1) is 22.9 Å². The van der Waals surface area contributed by atoms with Crippen LogP contribution in [0.15, 0.2) is 49.1 Å². The van der Waals surface area contributed by atoms with Crippen LogP contribution in [-0.4, -0.2) is 105 Å². The summed E-state index contributed by atoms with van der Waals surface area (Å²) >= 11 is 0. The van der Waals surface area contributed by atoms with Crippen LogP contribution in [0.2, 0.25) is 10.4 Å².